The highest BCUT2D eigenvalue weighted by atomic mass is 35.5. The molecular formula is C28H23ClN2O4S. The van der Waals surface area contributed by atoms with E-state index < -0.39 is 18.1 Å². The maximum atomic E-state index is 12.7. The highest BCUT2D eigenvalue weighted by molar-refractivity contribution is 7.13. The Labute approximate surface area is 217 Å². The van der Waals surface area contributed by atoms with Crippen LogP contribution in [0.1, 0.15) is 28.3 Å². The van der Waals surface area contributed by atoms with E-state index in [9.17, 15) is 14.7 Å². The van der Waals surface area contributed by atoms with Gasteiger partial charge in [0.2, 0.25) is 0 Å². The number of ether oxygens (including phenoxy) is 1. The van der Waals surface area contributed by atoms with Crippen molar-refractivity contribution in [2.75, 3.05) is 6.61 Å². The SMILES string of the molecule is Cc1ncsc1-c1ccc(Cl)cc1C[C@H](NC(=O)OCC1c2ccccc2-c2ccccc21)C(=O)O. The van der Waals surface area contributed by atoms with Gasteiger partial charge < -0.3 is 15.2 Å². The third-order valence-electron chi connectivity index (χ3n) is 6.42. The molecule has 36 heavy (non-hydrogen) atoms. The van der Waals surface area contributed by atoms with Crippen LogP contribution >= 0.6 is 22.9 Å². The number of carbonyl (C=O) groups is 2. The third kappa shape index (κ3) is 4.72. The number of amides is 1. The van der Waals surface area contributed by atoms with Gasteiger partial charge in [-0.05, 0) is 52.4 Å². The molecule has 0 radical (unpaired) electrons. The van der Waals surface area contributed by atoms with E-state index in [1.165, 1.54) is 11.3 Å². The number of carbonyl (C=O) groups excluding carboxylic acids is 1. The van der Waals surface area contributed by atoms with E-state index in [1.54, 1.807) is 17.6 Å². The standard InChI is InChI=1S/C28H23ClN2O4S/c1-16-26(36-15-30-16)19-11-10-18(29)12-17(19)13-25(27(32)33)31-28(34)35-14-24-22-8-4-2-6-20(22)21-7-3-5-9-23(21)24/h2-12,15,24-25H,13-14H2,1H3,(H,31,34)(H,32,33)/t25-/m0/s1. The van der Waals surface area contributed by atoms with Crippen LogP contribution in [0.25, 0.3) is 21.6 Å². The fourth-order valence-corrected chi connectivity index (χ4v) is 5.78. The van der Waals surface area contributed by atoms with Gasteiger partial charge in [-0.25, -0.2) is 14.6 Å². The van der Waals surface area contributed by atoms with E-state index in [4.69, 9.17) is 16.3 Å². The van der Waals surface area contributed by atoms with E-state index in [0.717, 1.165) is 38.4 Å². The first kappa shape index (κ1) is 24.0. The minimum absolute atomic E-state index is 0.0484. The molecule has 0 unspecified atom stereocenters. The predicted molar refractivity (Wildman–Crippen MR) is 141 cm³/mol. The summed E-state index contributed by atoms with van der Waals surface area (Å²) in [6, 6.07) is 20.2. The summed E-state index contributed by atoms with van der Waals surface area (Å²) in [7, 11) is 0. The summed E-state index contributed by atoms with van der Waals surface area (Å²) in [6.07, 6.45) is -0.728. The summed E-state index contributed by atoms with van der Waals surface area (Å²) in [6.45, 7) is 2.00. The highest BCUT2D eigenvalue weighted by Gasteiger charge is 2.30. The number of aryl methyl sites for hydroxylation is 1. The first-order chi connectivity index (χ1) is 17.4. The van der Waals surface area contributed by atoms with Crippen molar-refractivity contribution in [2.24, 2.45) is 0 Å². The summed E-state index contributed by atoms with van der Waals surface area (Å²) >= 11 is 7.69. The second-order valence-electron chi connectivity index (χ2n) is 8.63. The summed E-state index contributed by atoms with van der Waals surface area (Å²) in [5.74, 6) is -1.27. The molecule has 1 aliphatic carbocycles. The number of aliphatic carboxylic acids is 1. The minimum Gasteiger partial charge on any atom is -0.480 e. The minimum atomic E-state index is -1.19. The maximum absolute atomic E-state index is 12.7. The van der Waals surface area contributed by atoms with Gasteiger partial charge in [-0.3, -0.25) is 0 Å². The Kier molecular flexibility index (Phi) is 6.76. The molecule has 0 aliphatic heterocycles. The van der Waals surface area contributed by atoms with Crippen molar-refractivity contribution >= 4 is 35.0 Å². The van der Waals surface area contributed by atoms with Gasteiger partial charge in [-0.15, -0.1) is 11.3 Å². The number of aromatic nitrogens is 1. The van der Waals surface area contributed by atoms with Gasteiger partial charge in [-0.2, -0.15) is 0 Å². The first-order valence-electron chi connectivity index (χ1n) is 11.5. The second kappa shape index (κ2) is 10.1. The Bertz CT molecular complexity index is 1410. The van der Waals surface area contributed by atoms with Crippen molar-refractivity contribution in [1.29, 1.82) is 0 Å². The van der Waals surface area contributed by atoms with Crippen molar-refractivity contribution in [3.05, 3.63) is 99.6 Å². The average molecular weight is 519 g/mol. The number of nitrogens with one attached hydrogen (secondary N) is 1. The second-order valence-corrected chi connectivity index (χ2v) is 9.92. The van der Waals surface area contributed by atoms with Gasteiger partial charge >= 0.3 is 12.1 Å². The molecular weight excluding hydrogens is 496 g/mol. The number of benzene rings is 3. The predicted octanol–water partition coefficient (Wildman–Crippen LogP) is 6.31. The lowest BCUT2D eigenvalue weighted by Crippen LogP contribution is -2.43. The first-order valence-corrected chi connectivity index (χ1v) is 12.7. The molecule has 1 amide bonds. The van der Waals surface area contributed by atoms with Crippen LogP contribution in [0.3, 0.4) is 0 Å². The molecule has 0 saturated heterocycles. The highest BCUT2D eigenvalue weighted by Crippen LogP contribution is 2.44. The molecule has 2 N–H and O–H groups in total. The normalized spacial score (nSPS) is 13.1. The van der Waals surface area contributed by atoms with Crippen molar-refractivity contribution in [1.82, 2.24) is 10.3 Å². The van der Waals surface area contributed by atoms with Crippen molar-refractivity contribution < 1.29 is 19.4 Å². The van der Waals surface area contributed by atoms with Gasteiger partial charge in [0.15, 0.2) is 0 Å². The summed E-state index contributed by atoms with van der Waals surface area (Å²) < 4.78 is 5.56. The largest absolute Gasteiger partial charge is 0.480 e. The van der Waals surface area contributed by atoms with Crippen LogP contribution in [-0.2, 0) is 16.0 Å². The molecule has 0 spiro atoms. The van der Waals surface area contributed by atoms with E-state index in [2.05, 4.69) is 22.4 Å². The van der Waals surface area contributed by atoms with Crippen LogP contribution < -0.4 is 5.32 Å². The molecule has 4 aromatic rings. The van der Waals surface area contributed by atoms with Crippen molar-refractivity contribution in [2.45, 2.75) is 25.3 Å². The number of nitrogens with zero attached hydrogens (tertiary/aromatic N) is 1. The average Bonchev–Trinajstić information content (AvgIpc) is 3.43. The van der Waals surface area contributed by atoms with Gasteiger partial charge in [0.25, 0.3) is 0 Å². The van der Waals surface area contributed by atoms with Gasteiger partial charge in [-0.1, -0.05) is 66.2 Å². The van der Waals surface area contributed by atoms with Crippen molar-refractivity contribution in [3.63, 3.8) is 0 Å². The molecule has 1 atom stereocenters. The molecule has 5 rings (SSSR count). The van der Waals surface area contributed by atoms with Gasteiger partial charge in [0.05, 0.1) is 16.1 Å². The quantitative estimate of drug-likeness (QED) is 0.299. The molecule has 1 aliphatic rings. The topological polar surface area (TPSA) is 88.5 Å². The zero-order chi connectivity index (χ0) is 25.2. The van der Waals surface area contributed by atoms with Gasteiger partial charge in [0, 0.05) is 17.4 Å². The number of carboxylic acid groups (broad SMARTS) is 1. The molecule has 0 saturated carbocycles. The number of fused-ring (bicyclic) bond motifs is 3. The number of alkyl carbamates (subject to hydrolysis) is 1. The molecule has 182 valence electrons. The fourth-order valence-electron chi connectivity index (χ4n) is 4.72. The van der Waals surface area contributed by atoms with Crippen LogP contribution in [0.2, 0.25) is 5.02 Å². The smallest absolute Gasteiger partial charge is 0.407 e. The van der Waals surface area contributed by atoms with Crippen molar-refractivity contribution in [3.8, 4) is 21.6 Å². The van der Waals surface area contributed by atoms with Crippen LogP contribution in [0.5, 0.6) is 0 Å². The zero-order valence-electron chi connectivity index (χ0n) is 19.4. The lowest BCUT2D eigenvalue weighted by molar-refractivity contribution is -0.139. The Morgan fingerprint density at radius 1 is 1.06 bits per heavy atom. The Morgan fingerprint density at radius 3 is 2.33 bits per heavy atom. The molecule has 1 heterocycles. The summed E-state index contributed by atoms with van der Waals surface area (Å²) in [5, 5.41) is 12.9. The summed E-state index contributed by atoms with van der Waals surface area (Å²) in [5.41, 5.74) is 8.57. The lowest BCUT2D eigenvalue weighted by Gasteiger charge is -2.19. The maximum Gasteiger partial charge on any atom is 0.407 e. The summed E-state index contributed by atoms with van der Waals surface area (Å²) in [4.78, 5) is 30.0. The number of thiazole rings is 1. The lowest BCUT2D eigenvalue weighted by atomic mass is 9.98. The molecule has 8 heteroatoms. The van der Waals surface area contributed by atoms with Crippen LogP contribution in [0, 0.1) is 6.92 Å². The number of halogens is 1. The number of hydrogen-bond acceptors (Lipinski definition) is 5. The fraction of sp³-hybridized carbons (Fsp3) is 0.179. The Morgan fingerprint density at radius 2 is 1.72 bits per heavy atom. The third-order valence-corrected chi connectivity index (χ3v) is 7.61. The van der Waals surface area contributed by atoms with E-state index >= 15 is 0 Å². The molecule has 0 fully saturated rings. The number of rotatable bonds is 7. The van der Waals surface area contributed by atoms with Gasteiger partial charge in [0.1, 0.15) is 12.6 Å². The van der Waals surface area contributed by atoms with Crippen LogP contribution in [-0.4, -0.2) is 34.8 Å². The Hall–Kier alpha value is -3.68. The molecule has 1 aromatic heterocycles. The van der Waals surface area contributed by atoms with E-state index in [0.29, 0.717) is 10.6 Å². The zero-order valence-corrected chi connectivity index (χ0v) is 21.0. The molecule has 0 bridgehead atoms. The molecule has 3 aromatic carbocycles. The van der Waals surface area contributed by atoms with Crippen LogP contribution in [0.4, 0.5) is 4.79 Å². The number of hydrogen-bond donors (Lipinski definition) is 2. The van der Waals surface area contributed by atoms with E-state index in [-0.39, 0.29) is 18.9 Å². The Balaban J connectivity index is 1.31. The van der Waals surface area contributed by atoms with Crippen LogP contribution in [0.15, 0.2) is 72.2 Å². The number of carboxylic acids is 1. The monoisotopic (exact) mass is 518 g/mol. The van der Waals surface area contributed by atoms with E-state index in [1.807, 2.05) is 49.4 Å². The molecule has 6 nitrogen and oxygen atoms in total.